The van der Waals surface area contributed by atoms with Gasteiger partial charge in [0.2, 0.25) is 0 Å². The first kappa shape index (κ1) is 14.2. The molecule has 1 N–H and O–H groups in total. The molecule has 0 aliphatic carbocycles. The molecule has 1 aliphatic heterocycles. The van der Waals surface area contributed by atoms with Crippen molar-refractivity contribution < 1.29 is 17.9 Å². The Hall–Kier alpha value is -1.23. The molecule has 19 heavy (non-hydrogen) atoms. The van der Waals surface area contributed by atoms with Gasteiger partial charge in [-0.1, -0.05) is 12.5 Å². The normalized spacial score (nSPS) is 22.0. The Morgan fingerprint density at radius 2 is 2.11 bits per heavy atom. The lowest BCUT2D eigenvalue weighted by molar-refractivity contribution is -0.137. The zero-order valence-electron chi connectivity index (χ0n) is 10.8. The van der Waals surface area contributed by atoms with Gasteiger partial charge in [0.1, 0.15) is 11.9 Å². The van der Waals surface area contributed by atoms with Gasteiger partial charge in [0.05, 0.1) is 5.56 Å². The van der Waals surface area contributed by atoms with Crippen LogP contribution in [0, 0.1) is 0 Å². The third-order valence-corrected chi connectivity index (χ3v) is 3.40. The molecule has 5 heteroatoms. The summed E-state index contributed by atoms with van der Waals surface area (Å²) in [5.41, 5.74) is -0.672. The van der Waals surface area contributed by atoms with Crippen molar-refractivity contribution in [2.45, 2.75) is 44.5 Å². The predicted molar refractivity (Wildman–Crippen MR) is 67.2 cm³/mol. The van der Waals surface area contributed by atoms with Crippen LogP contribution >= 0.6 is 0 Å². The first-order chi connectivity index (χ1) is 8.97. The van der Waals surface area contributed by atoms with Gasteiger partial charge in [-0.3, -0.25) is 0 Å². The number of hydrogen-bond acceptors (Lipinski definition) is 2. The molecule has 1 aromatic rings. The highest BCUT2D eigenvalue weighted by Crippen LogP contribution is 2.31. The molecule has 106 valence electrons. The van der Waals surface area contributed by atoms with Crippen LogP contribution in [0.4, 0.5) is 13.2 Å². The standard InChI is InChI=1S/C14H18F3NO/c1-10(13-7-2-3-8-18-13)19-12-6-4-5-11(9-12)14(15,16)17/h4-6,9-10,13,18H,2-3,7-8H2,1H3. The Morgan fingerprint density at radius 3 is 2.74 bits per heavy atom. The topological polar surface area (TPSA) is 21.3 Å². The van der Waals surface area contributed by atoms with Gasteiger partial charge < -0.3 is 10.1 Å². The largest absolute Gasteiger partial charge is 0.489 e. The van der Waals surface area contributed by atoms with Gasteiger partial charge in [-0.05, 0) is 44.5 Å². The fourth-order valence-electron chi connectivity index (χ4n) is 2.32. The number of halogens is 3. The van der Waals surface area contributed by atoms with Crippen molar-refractivity contribution in [1.82, 2.24) is 5.32 Å². The van der Waals surface area contributed by atoms with Crippen LogP contribution in [0.5, 0.6) is 5.75 Å². The number of hydrogen-bond donors (Lipinski definition) is 1. The molecule has 2 unspecified atom stereocenters. The van der Waals surface area contributed by atoms with Crippen molar-refractivity contribution in [3.05, 3.63) is 29.8 Å². The molecule has 0 spiro atoms. The smallest absolute Gasteiger partial charge is 0.416 e. The summed E-state index contributed by atoms with van der Waals surface area (Å²) >= 11 is 0. The molecular formula is C14H18F3NO. The third kappa shape index (κ3) is 3.86. The van der Waals surface area contributed by atoms with Gasteiger partial charge in [0.25, 0.3) is 0 Å². The van der Waals surface area contributed by atoms with E-state index in [2.05, 4.69) is 5.32 Å². The molecule has 2 rings (SSSR count). The van der Waals surface area contributed by atoms with Crippen molar-refractivity contribution in [3.63, 3.8) is 0 Å². The first-order valence-corrected chi connectivity index (χ1v) is 6.54. The molecule has 1 aromatic carbocycles. The van der Waals surface area contributed by atoms with E-state index in [1.165, 1.54) is 6.07 Å². The van der Waals surface area contributed by atoms with Gasteiger partial charge in [-0.25, -0.2) is 0 Å². The van der Waals surface area contributed by atoms with Crippen LogP contribution in [-0.4, -0.2) is 18.7 Å². The van der Waals surface area contributed by atoms with E-state index in [0.29, 0.717) is 0 Å². The number of alkyl halides is 3. The van der Waals surface area contributed by atoms with Crippen molar-refractivity contribution in [2.75, 3.05) is 6.54 Å². The molecule has 0 saturated carbocycles. The van der Waals surface area contributed by atoms with E-state index >= 15 is 0 Å². The van der Waals surface area contributed by atoms with Crippen LogP contribution in [0.15, 0.2) is 24.3 Å². The van der Waals surface area contributed by atoms with E-state index in [4.69, 9.17) is 4.74 Å². The highest BCUT2D eigenvalue weighted by atomic mass is 19.4. The Balaban J connectivity index is 2.02. The Morgan fingerprint density at radius 1 is 1.32 bits per heavy atom. The molecule has 1 heterocycles. The summed E-state index contributed by atoms with van der Waals surface area (Å²) in [6, 6.07) is 5.26. The van der Waals surface area contributed by atoms with E-state index < -0.39 is 11.7 Å². The summed E-state index contributed by atoms with van der Waals surface area (Å²) in [7, 11) is 0. The Labute approximate surface area is 111 Å². The van der Waals surface area contributed by atoms with Crippen LogP contribution in [0.3, 0.4) is 0 Å². The molecule has 0 bridgehead atoms. The minimum atomic E-state index is -4.33. The van der Waals surface area contributed by atoms with Crippen LogP contribution in [0.1, 0.15) is 31.7 Å². The summed E-state index contributed by atoms with van der Waals surface area (Å²) in [5, 5.41) is 3.34. The first-order valence-electron chi connectivity index (χ1n) is 6.54. The molecule has 1 saturated heterocycles. The van der Waals surface area contributed by atoms with Crippen molar-refractivity contribution in [2.24, 2.45) is 0 Å². The monoisotopic (exact) mass is 273 g/mol. The van der Waals surface area contributed by atoms with Crippen LogP contribution < -0.4 is 10.1 Å². The van der Waals surface area contributed by atoms with E-state index in [1.807, 2.05) is 6.92 Å². The lowest BCUT2D eigenvalue weighted by Gasteiger charge is -2.29. The molecule has 0 aromatic heterocycles. The minimum Gasteiger partial charge on any atom is -0.489 e. The minimum absolute atomic E-state index is 0.135. The molecule has 0 amide bonds. The van der Waals surface area contributed by atoms with E-state index in [0.717, 1.165) is 37.9 Å². The Kier molecular flexibility index (Phi) is 4.34. The van der Waals surface area contributed by atoms with E-state index in [-0.39, 0.29) is 17.9 Å². The van der Waals surface area contributed by atoms with E-state index in [1.54, 1.807) is 6.07 Å². The summed E-state index contributed by atoms with van der Waals surface area (Å²) < 4.78 is 43.4. The molecule has 0 radical (unpaired) electrons. The average Bonchev–Trinajstić information content (AvgIpc) is 2.39. The quantitative estimate of drug-likeness (QED) is 0.908. The van der Waals surface area contributed by atoms with Gasteiger partial charge in [-0.15, -0.1) is 0 Å². The van der Waals surface area contributed by atoms with Gasteiger partial charge >= 0.3 is 6.18 Å². The zero-order chi connectivity index (χ0) is 13.9. The molecular weight excluding hydrogens is 255 g/mol. The van der Waals surface area contributed by atoms with Crippen LogP contribution in [0.2, 0.25) is 0 Å². The lowest BCUT2D eigenvalue weighted by atomic mass is 10.0. The Bertz CT molecular complexity index is 413. The summed E-state index contributed by atoms with van der Waals surface area (Å²) in [6.45, 7) is 2.84. The summed E-state index contributed by atoms with van der Waals surface area (Å²) in [4.78, 5) is 0. The van der Waals surface area contributed by atoms with Gasteiger partial charge in [0.15, 0.2) is 0 Å². The summed E-state index contributed by atoms with van der Waals surface area (Å²) in [6.07, 6.45) is -1.18. The van der Waals surface area contributed by atoms with Gasteiger partial charge in [0, 0.05) is 6.04 Å². The van der Waals surface area contributed by atoms with E-state index in [9.17, 15) is 13.2 Å². The molecule has 2 nitrogen and oxygen atoms in total. The fraction of sp³-hybridized carbons (Fsp3) is 0.571. The second-order valence-electron chi connectivity index (χ2n) is 4.90. The van der Waals surface area contributed by atoms with Crippen molar-refractivity contribution in [1.29, 1.82) is 0 Å². The molecule has 1 aliphatic rings. The highest BCUT2D eigenvalue weighted by molar-refractivity contribution is 5.30. The highest BCUT2D eigenvalue weighted by Gasteiger charge is 2.31. The van der Waals surface area contributed by atoms with Crippen molar-refractivity contribution in [3.8, 4) is 5.75 Å². The molecule has 2 atom stereocenters. The third-order valence-electron chi connectivity index (χ3n) is 3.40. The second-order valence-corrected chi connectivity index (χ2v) is 4.90. The maximum Gasteiger partial charge on any atom is 0.416 e. The maximum absolute atomic E-state index is 12.6. The van der Waals surface area contributed by atoms with Crippen LogP contribution in [-0.2, 0) is 6.18 Å². The molecule has 1 fully saturated rings. The second kappa shape index (κ2) is 5.82. The number of nitrogens with one attached hydrogen (secondary N) is 1. The lowest BCUT2D eigenvalue weighted by Crippen LogP contribution is -2.44. The maximum atomic E-state index is 12.6. The SMILES string of the molecule is CC(Oc1cccc(C(F)(F)F)c1)C1CCCCN1. The number of ether oxygens (including phenoxy) is 1. The predicted octanol–water partition coefficient (Wildman–Crippen LogP) is 3.61. The fourth-order valence-corrected chi connectivity index (χ4v) is 2.32. The van der Waals surface area contributed by atoms with Crippen LogP contribution in [0.25, 0.3) is 0 Å². The zero-order valence-corrected chi connectivity index (χ0v) is 10.8. The van der Waals surface area contributed by atoms with Crippen molar-refractivity contribution >= 4 is 0 Å². The number of piperidine rings is 1. The number of rotatable bonds is 3. The summed E-state index contributed by atoms with van der Waals surface area (Å²) in [5.74, 6) is 0.273. The average molecular weight is 273 g/mol. The number of benzene rings is 1. The van der Waals surface area contributed by atoms with Gasteiger partial charge in [-0.2, -0.15) is 13.2 Å².